The van der Waals surface area contributed by atoms with E-state index in [1.54, 1.807) is 13.0 Å². The highest BCUT2D eigenvalue weighted by molar-refractivity contribution is 6.12. The second kappa shape index (κ2) is 8.44. The van der Waals surface area contributed by atoms with E-state index in [1.165, 1.54) is 33.5 Å². The maximum Gasteiger partial charge on any atom is 0.310 e. The number of rotatable bonds is 7. The first kappa shape index (κ1) is 20.1. The third-order valence-corrected chi connectivity index (χ3v) is 4.28. The molecule has 2 rings (SSSR count). The highest BCUT2D eigenvalue weighted by Gasteiger charge is 2.25. The Labute approximate surface area is 157 Å². The lowest BCUT2D eigenvalue weighted by molar-refractivity contribution is -0.139. The summed E-state index contributed by atoms with van der Waals surface area (Å²) in [6.45, 7) is 1.78. The standard InChI is InChI=1S/C20H22O7/c1-5-12-13(9-18(23)27-4)19(15(22)10-14(12)21)20(24)11-6-7-16(25-2)17(8-11)26-3/h6-8,10,21-22H,5,9H2,1-4H3. The zero-order valence-corrected chi connectivity index (χ0v) is 15.7. The van der Waals surface area contributed by atoms with Crippen molar-refractivity contribution in [1.82, 2.24) is 0 Å². The van der Waals surface area contributed by atoms with Crippen molar-refractivity contribution < 1.29 is 34.0 Å². The molecule has 0 aliphatic carbocycles. The monoisotopic (exact) mass is 374 g/mol. The molecule has 2 aromatic carbocycles. The number of aromatic hydroxyl groups is 2. The van der Waals surface area contributed by atoms with Crippen molar-refractivity contribution >= 4 is 11.8 Å². The largest absolute Gasteiger partial charge is 0.508 e. The number of ketones is 1. The van der Waals surface area contributed by atoms with Gasteiger partial charge >= 0.3 is 5.97 Å². The topological polar surface area (TPSA) is 102 Å². The Kier molecular flexibility index (Phi) is 6.28. The molecular weight excluding hydrogens is 352 g/mol. The fraction of sp³-hybridized carbons (Fsp3) is 0.300. The van der Waals surface area contributed by atoms with Crippen LogP contribution in [-0.4, -0.2) is 43.3 Å². The van der Waals surface area contributed by atoms with E-state index < -0.39 is 17.5 Å². The number of esters is 1. The fourth-order valence-electron chi connectivity index (χ4n) is 2.93. The average molecular weight is 374 g/mol. The first-order valence-electron chi connectivity index (χ1n) is 8.28. The van der Waals surface area contributed by atoms with Gasteiger partial charge in [0.15, 0.2) is 17.3 Å². The molecule has 27 heavy (non-hydrogen) atoms. The maximum absolute atomic E-state index is 13.1. The van der Waals surface area contributed by atoms with Gasteiger partial charge in [-0.15, -0.1) is 0 Å². The SMILES string of the molecule is CCc1c(O)cc(O)c(C(=O)c2ccc(OC)c(OC)c2)c1CC(=O)OC. The number of methoxy groups -OCH3 is 3. The van der Waals surface area contributed by atoms with Crippen LogP contribution in [-0.2, 0) is 22.4 Å². The molecule has 7 nitrogen and oxygen atoms in total. The van der Waals surface area contributed by atoms with Crippen LogP contribution < -0.4 is 9.47 Å². The third-order valence-electron chi connectivity index (χ3n) is 4.28. The highest BCUT2D eigenvalue weighted by Crippen LogP contribution is 2.36. The molecule has 0 bridgehead atoms. The second-order valence-electron chi connectivity index (χ2n) is 5.75. The molecule has 0 atom stereocenters. The van der Waals surface area contributed by atoms with Crippen LogP contribution in [0.3, 0.4) is 0 Å². The van der Waals surface area contributed by atoms with Gasteiger partial charge in [0, 0.05) is 11.6 Å². The van der Waals surface area contributed by atoms with Crippen molar-refractivity contribution in [1.29, 1.82) is 0 Å². The van der Waals surface area contributed by atoms with E-state index in [4.69, 9.17) is 14.2 Å². The van der Waals surface area contributed by atoms with Crippen LogP contribution in [0.1, 0.15) is 34.0 Å². The van der Waals surface area contributed by atoms with Gasteiger partial charge in [0.25, 0.3) is 0 Å². The van der Waals surface area contributed by atoms with Crippen molar-refractivity contribution in [2.45, 2.75) is 19.8 Å². The average Bonchev–Trinajstić information content (AvgIpc) is 2.66. The summed E-state index contributed by atoms with van der Waals surface area (Å²) < 4.78 is 15.1. The molecular formula is C20H22O7. The van der Waals surface area contributed by atoms with Gasteiger partial charge in [0.1, 0.15) is 11.5 Å². The van der Waals surface area contributed by atoms with Crippen LogP contribution >= 0.6 is 0 Å². The van der Waals surface area contributed by atoms with Gasteiger partial charge in [-0.25, -0.2) is 0 Å². The lowest BCUT2D eigenvalue weighted by atomic mass is 9.90. The minimum atomic E-state index is -0.587. The van der Waals surface area contributed by atoms with Gasteiger partial charge in [-0.1, -0.05) is 6.92 Å². The van der Waals surface area contributed by atoms with Crippen LogP contribution in [0.25, 0.3) is 0 Å². The molecule has 0 spiro atoms. The van der Waals surface area contributed by atoms with Crippen LogP contribution in [0.15, 0.2) is 24.3 Å². The lowest BCUT2D eigenvalue weighted by Gasteiger charge is -2.16. The van der Waals surface area contributed by atoms with Crippen LogP contribution in [0.5, 0.6) is 23.0 Å². The molecule has 0 heterocycles. The summed E-state index contributed by atoms with van der Waals surface area (Å²) in [5.41, 5.74) is 0.827. The summed E-state index contributed by atoms with van der Waals surface area (Å²) in [5.74, 6) is -0.890. The number of phenols is 2. The second-order valence-corrected chi connectivity index (χ2v) is 5.75. The summed E-state index contributed by atoms with van der Waals surface area (Å²) in [7, 11) is 4.15. The number of carbonyl (C=O) groups is 2. The summed E-state index contributed by atoms with van der Waals surface area (Å²) in [5, 5.41) is 20.5. The molecule has 0 aromatic heterocycles. The Morgan fingerprint density at radius 2 is 1.59 bits per heavy atom. The first-order chi connectivity index (χ1) is 12.9. The first-order valence-corrected chi connectivity index (χ1v) is 8.28. The zero-order chi connectivity index (χ0) is 20.1. The normalized spacial score (nSPS) is 10.4. The van der Waals surface area contributed by atoms with E-state index in [2.05, 4.69) is 0 Å². The van der Waals surface area contributed by atoms with Gasteiger partial charge in [0.2, 0.25) is 0 Å². The van der Waals surface area contributed by atoms with Gasteiger partial charge < -0.3 is 24.4 Å². The predicted molar refractivity (Wildman–Crippen MR) is 97.8 cm³/mol. The van der Waals surface area contributed by atoms with Crippen molar-refractivity contribution in [3.63, 3.8) is 0 Å². The molecule has 0 saturated carbocycles. The van der Waals surface area contributed by atoms with E-state index in [0.29, 0.717) is 23.5 Å². The highest BCUT2D eigenvalue weighted by atomic mass is 16.5. The summed E-state index contributed by atoms with van der Waals surface area (Å²) >= 11 is 0. The molecule has 0 aliphatic heterocycles. The molecule has 7 heteroatoms. The maximum atomic E-state index is 13.1. The Morgan fingerprint density at radius 1 is 0.926 bits per heavy atom. The fourth-order valence-corrected chi connectivity index (χ4v) is 2.93. The Morgan fingerprint density at radius 3 is 2.15 bits per heavy atom. The van der Waals surface area contributed by atoms with Crippen molar-refractivity contribution in [2.24, 2.45) is 0 Å². The summed E-state index contributed by atoms with van der Waals surface area (Å²) in [4.78, 5) is 24.9. The number of benzene rings is 2. The molecule has 2 N–H and O–H groups in total. The third kappa shape index (κ3) is 3.97. The van der Waals surface area contributed by atoms with E-state index in [9.17, 15) is 19.8 Å². The Balaban J connectivity index is 2.66. The Bertz CT molecular complexity index is 871. The number of phenolic OH excluding ortho intramolecular Hbond substituents is 2. The van der Waals surface area contributed by atoms with Crippen LogP contribution in [0, 0.1) is 0 Å². The van der Waals surface area contributed by atoms with Gasteiger partial charge in [-0.2, -0.15) is 0 Å². The summed E-state index contributed by atoms with van der Waals surface area (Å²) in [6.07, 6.45) is 0.112. The quantitative estimate of drug-likeness (QED) is 0.567. The van der Waals surface area contributed by atoms with E-state index >= 15 is 0 Å². The number of carbonyl (C=O) groups excluding carboxylic acids is 2. The zero-order valence-electron chi connectivity index (χ0n) is 15.7. The van der Waals surface area contributed by atoms with Gasteiger partial charge in [-0.05, 0) is 35.7 Å². The van der Waals surface area contributed by atoms with E-state index in [0.717, 1.165) is 6.07 Å². The van der Waals surface area contributed by atoms with Crippen molar-refractivity contribution in [3.8, 4) is 23.0 Å². The van der Waals surface area contributed by atoms with Gasteiger partial charge in [0.05, 0.1) is 33.3 Å². The molecule has 0 saturated heterocycles. The molecule has 0 aliphatic rings. The molecule has 144 valence electrons. The minimum absolute atomic E-state index is 0.0535. The van der Waals surface area contributed by atoms with Crippen LogP contribution in [0.4, 0.5) is 0 Å². The van der Waals surface area contributed by atoms with E-state index in [1.807, 2.05) is 0 Å². The molecule has 2 aromatic rings. The lowest BCUT2D eigenvalue weighted by Crippen LogP contribution is -2.14. The van der Waals surface area contributed by atoms with Crippen LogP contribution in [0.2, 0.25) is 0 Å². The molecule has 0 fully saturated rings. The van der Waals surface area contributed by atoms with Crippen molar-refractivity contribution in [3.05, 3.63) is 46.5 Å². The minimum Gasteiger partial charge on any atom is -0.508 e. The van der Waals surface area contributed by atoms with E-state index in [-0.39, 0.29) is 28.9 Å². The summed E-state index contributed by atoms with van der Waals surface area (Å²) in [6, 6.07) is 5.70. The number of hydrogen-bond acceptors (Lipinski definition) is 7. The predicted octanol–water partition coefficient (Wildman–Crippen LogP) is 2.62. The number of hydrogen-bond donors (Lipinski definition) is 2. The smallest absolute Gasteiger partial charge is 0.310 e. The molecule has 0 amide bonds. The number of ether oxygens (including phenoxy) is 3. The molecule has 0 radical (unpaired) electrons. The molecule has 0 unspecified atom stereocenters. The van der Waals surface area contributed by atoms with Crippen molar-refractivity contribution in [2.75, 3.05) is 21.3 Å². The van der Waals surface area contributed by atoms with Gasteiger partial charge in [-0.3, -0.25) is 9.59 Å². The Hall–Kier alpha value is -3.22.